The molecule has 0 aromatic carbocycles. The van der Waals surface area contributed by atoms with E-state index in [1.807, 2.05) is 6.92 Å². The number of hydrogen-bond acceptors (Lipinski definition) is 6. The fourth-order valence-corrected chi connectivity index (χ4v) is 1.55. The van der Waals surface area contributed by atoms with Crippen LogP contribution < -0.4 is 11.1 Å². The topological polar surface area (TPSA) is 107 Å². The van der Waals surface area contributed by atoms with Crippen molar-refractivity contribution in [2.75, 3.05) is 11.1 Å². The highest BCUT2D eigenvalue weighted by molar-refractivity contribution is 5.53. The van der Waals surface area contributed by atoms with Crippen LogP contribution >= 0.6 is 0 Å². The first-order valence-corrected chi connectivity index (χ1v) is 5.28. The summed E-state index contributed by atoms with van der Waals surface area (Å²) in [4.78, 5) is 14.2. The van der Waals surface area contributed by atoms with Gasteiger partial charge in [0.2, 0.25) is 0 Å². The maximum Gasteiger partial charge on any atom is 0.276 e. The zero-order valence-corrected chi connectivity index (χ0v) is 9.66. The van der Waals surface area contributed by atoms with Crippen LogP contribution in [-0.4, -0.2) is 9.91 Å². The summed E-state index contributed by atoms with van der Waals surface area (Å²) in [5.41, 5.74) is 5.41. The summed E-state index contributed by atoms with van der Waals surface area (Å²) in [6.07, 6.45) is 1.56. The number of furan rings is 1. The van der Waals surface area contributed by atoms with Crippen molar-refractivity contribution < 1.29 is 9.34 Å². The molecule has 18 heavy (non-hydrogen) atoms. The minimum atomic E-state index is -0.513. The van der Waals surface area contributed by atoms with E-state index in [1.165, 1.54) is 12.1 Å². The molecule has 94 valence electrons. The predicted molar refractivity (Wildman–Crippen MR) is 66.0 cm³/mol. The van der Waals surface area contributed by atoms with E-state index in [0.29, 0.717) is 11.6 Å². The van der Waals surface area contributed by atoms with E-state index in [1.54, 1.807) is 18.4 Å². The van der Waals surface area contributed by atoms with Crippen molar-refractivity contribution in [3.8, 4) is 0 Å². The van der Waals surface area contributed by atoms with Crippen LogP contribution in [0.1, 0.15) is 18.7 Å². The lowest BCUT2D eigenvalue weighted by Gasteiger charge is -2.12. The third-order valence-corrected chi connectivity index (χ3v) is 2.38. The van der Waals surface area contributed by atoms with Crippen LogP contribution in [0.25, 0.3) is 0 Å². The van der Waals surface area contributed by atoms with Crippen LogP contribution in [0.3, 0.4) is 0 Å². The van der Waals surface area contributed by atoms with Crippen LogP contribution in [0.15, 0.2) is 34.9 Å². The van der Waals surface area contributed by atoms with Gasteiger partial charge in [-0.3, -0.25) is 10.1 Å². The molecule has 0 aliphatic heterocycles. The molecule has 0 fully saturated rings. The van der Waals surface area contributed by atoms with Crippen molar-refractivity contribution in [3.63, 3.8) is 0 Å². The number of rotatable bonds is 4. The summed E-state index contributed by atoms with van der Waals surface area (Å²) in [6.45, 7) is 1.86. The highest BCUT2D eigenvalue weighted by Crippen LogP contribution is 2.23. The molecular weight excluding hydrogens is 236 g/mol. The Morgan fingerprint density at radius 1 is 1.56 bits per heavy atom. The molecular formula is C11H12N4O3. The second-order valence-electron chi connectivity index (χ2n) is 3.77. The first-order chi connectivity index (χ1) is 8.56. The Kier molecular flexibility index (Phi) is 3.13. The van der Waals surface area contributed by atoms with E-state index in [4.69, 9.17) is 10.2 Å². The molecule has 2 aromatic rings. The molecule has 1 atom stereocenters. The molecule has 0 amide bonds. The molecule has 2 rings (SSSR count). The number of hydrogen-bond donors (Lipinski definition) is 2. The minimum absolute atomic E-state index is 0.0957. The van der Waals surface area contributed by atoms with Gasteiger partial charge >= 0.3 is 0 Å². The van der Waals surface area contributed by atoms with Gasteiger partial charge in [0.1, 0.15) is 17.4 Å². The number of anilines is 2. The second kappa shape index (κ2) is 4.74. The van der Waals surface area contributed by atoms with Crippen LogP contribution in [0.2, 0.25) is 0 Å². The van der Waals surface area contributed by atoms with Crippen molar-refractivity contribution in [2.24, 2.45) is 0 Å². The smallest absolute Gasteiger partial charge is 0.276 e. The maximum atomic E-state index is 10.7. The van der Waals surface area contributed by atoms with Crippen molar-refractivity contribution in [2.45, 2.75) is 13.0 Å². The molecule has 3 N–H and O–H groups in total. The van der Waals surface area contributed by atoms with Gasteiger partial charge in [0, 0.05) is 0 Å². The van der Waals surface area contributed by atoms with E-state index in [2.05, 4.69) is 10.3 Å². The molecule has 2 aromatic heterocycles. The number of nitrogens with one attached hydrogen (secondary N) is 1. The maximum absolute atomic E-state index is 10.7. The standard InChI is InChI=1S/C11H12N4O3/c1-7(9-3-2-4-18-9)13-11-6-8(15(16)17)5-10(12)14-11/h2-7H,1H3,(H3,12,13,14). The Morgan fingerprint density at radius 2 is 2.33 bits per heavy atom. The minimum Gasteiger partial charge on any atom is -0.467 e. The summed E-state index contributed by atoms with van der Waals surface area (Å²) < 4.78 is 5.22. The lowest BCUT2D eigenvalue weighted by molar-refractivity contribution is -0.384. The van der Waals surface area contributed by atoms with E-state index in [0.717, 1.165) is 0 Å². The monoisotopic (exact) mass is 248 g/mol. The van der Waals surface area contributed by atoms with E-state index < -0.39 is 4.92 Å². The van der Waals surface area contributed by atoms with Gasteiger partial charge in [0.25, 0.3) is 5.69 Å². The van der Waals surface area contributed by atoms with Gasteiger partial charge in [-0.05, 0) is 19.1 Å². The highest BCUT2D eigenvalue weighted by atomic mass is 16.6. The molecule has 0 spiro atoms. The third kappa shape index (κ3) is 2.57. The lowest BCUT2D eigenvalue weighted by atomic mass is 10.2. The fraction of sp³-hybridized carbons (Fsp3) is 0.182. The summed E-state index contributed by atoms with van der Waals surface area (Å²) >= 11 is 0. The molecule has 7 nitrogen and oxygen atoms in total. The summed E-state index contributed by atoms with van der Waals surface area (Å²) in [5, 5.41) is 13.7. The Hall–Kier alpha value is -2.57. The van der Waals surface area contributed by atoms with Gasteiger partial charge in [-0.25, -0.2) is 4.98 Å². The summed E-state index contributed by atoms with van der Waals surface area (Å²) in [7, 11) is 0. The molecule has 0 radical (unpaired) electrons. The summed E-state index contributed by atoms with van der Waals surface area (Å²) in [5.74, 6) is 1.14. The number of nitrogens with zero attached hydrogens (tertiary/aromatic N) is 2. The lowest BCUT2D eigenvalue weighted by Crippen LogP contribution is -2.08. The van der Waals surface area contributed by atoms with Crippen LogP contribution in [0.5, 0.6) is 0 Å². The molecule has 0 aliphatic carbocycles. The normalized spacial score (nSPS) is 12.1. The molecule has 0 saturated carbocycles. The first kappa shape index (κ1) is 11.9. The average molecular weight is 248 g/mol. The highest BCUT2D eigenvalue weighted by Gasteiger charge is 2.13. The number of aromatic nitrogens is 1. The van der Waals surface area contributed by atoms with Gasteiger partial charge in [0.05, 0.1) is 29.4 Å². The molecule has 0 aliphatic rings. The van der Waals surface area contributed by atoms with Crippen LogP contribution in [-0.2, 0) is 0 Å². The SMILES string of the molecule is CC(Nc1cc([N+](=O)[O-])cc(N)n1)c1ccco1. The predicted octanol–water partition coefficient (Wildman–Crippen LogP) is 2.34. The number of pyridine rings is 1. The zero-order chi connectivity index (χ0) is 13.1. The van der Waals surface area contributed by atoms with E-state index in [9.17, 15) is 10.1 Å². The van der Waals surface area contributed by atoms with Gasteiger partial charge < -0.3 is 15.5 Å². The Morgan fingerprint density at radius 3 is 2.94 bits per heavy atom. The fourth-order valence-electron chi connectivity index (χ4n) is 1.55. The molecule has 2 heterocycles. The first-order valence-electron chi connectivity index (χ1n) is 5.28. The van der Waals surface area contributed by atoms with Gasteiger partial charge in [0.15, 0.2) is 0 Å². The van der Waals surface area contributed by atoms with Gasteiger partial charge in [-0.15, -0.1) is 0 Å². The third-order valence-electron chi connectivity index (χ3n) is 2.38. The second-order valence-corrected chi connectivity index (χ2v) is 3.77. The molecule has 0 bridgehead atoms. The van der Waals surface area contributed by atoms with Gasteiger partial charge in [-0.2, -0.15) is 0 Å². The average Bonchev–Trinajstić information content (AvgIpc) is 2.81. The molecule has 1 unspecified atom stereocenters. The van der Waals surface area contributed by atoms with Crippen molar-refractivity contribution in [1.82, 2.24) is 4.98 Å². The Bertz CT molecular complexity index is 553. The largest absolute Gasteiger partial charge is 0.467 e. The molecule has 0 saturated heterocycles. The number of nitro groups is 1. The zero-order valence-electron chi connectivity index (χ0n) is 9.66. The number of nitrogen functional groups attached to an aromatic ring is 1. The van der Waals surface area contributed by atoms with Crippen molar-refractivity contribution >= 4 is 17.3 Å². The number of nitrogens with two attached hydrogens (primary N) is 1. The quantitative estimate of drug-likeness (QED) is 0.635. The van der Waals surface area contributed by atoms with Crippen molar-refractivity contribution in [1.29, 1.82) is 0 Å². The van der Waals surface area contributed by atoms with E-state index in [-0.39, 0.29) is 17.5 Å². The molecule has 7 heteroatoms. The Balaban J connectivity index is 2.21. The van der Waals surface area contributed by atoms with Crippen LogP contribution in [0.4, 0.5) is 17.3 Å². The van der Waals surface area contributed by atoms with Crippen LogP contribution in [0, 0.1) is 10.1 Å². The Labute approximate surface area is 103 Å². The van der Waals surface area contributed by atoms with Crippen molar-refractivity contribution in [3.05, 3.63) is 46.4 Å². The van der Waals surface area contributed by atoms with Gasteiger partial charge in [-0.1, -0.05) is 0 Å². The van der Waals surface area contributed by atoms with E-state index >= 15 is 0 Å². The summed E-state index contributed by atoms with van der Waals surface area (Å²) in [6, 6.07) is 5.95.